The first-order valence-electron chi connectivity index (χ1n) is 4.43. The van der Waals surface area contributed by atoms with E-state index in [1.165, 1.54) is 5.56 Å². The van der Waals surface area contributed by atoms with Gasteiger partial charge in [-0.1, -0.05) is 24.9 Å². The Morgan fingerprint density at radius 3 is 3.15 bits per heavy atom. The quantitative estimate of drug-likeness (QED) is 0.782. The number of hydrogen-bond acceptors (Lipinski definition) is 1. The number of pyridine rings is 1. The molecule has 0 bridgehead atoms. The Morgan fingerprint density at radius 2 is 2.38 bits per heavy atom. The van der Waals surface area contributed by atoms with E-state index in [1.807, 2.05) is 12.3 Å². The molecule has 2 aromatic heterocycles. The Balaban J connectivity index is 2.64. The standard InChI is InChI=1S/C10H11ClN2/c1-2-3-7-6-13-10-9(7)8(11)4-5-12-10/h4-6H,2-3H2,1H3,(H,12,13). The Labute approximate surface area is 81.9 Å². The Bertz CT molecular complexity index is 420. The number of halogens is 1. The third kappa shape index (κ3) is 1.42. The number of aromatic amines is 1. The second kappa shape index (κ2) is 3.38. The molecule has 0 spiro atoms. The molecule has 13 heavy (non-hydrogen) atoms. The fraction of sp³-hybridized carbons (Fsp3) is 0.300. The summed E-state index contributed by atoms with van der Waals surface area (Å²) >= 11 is 6.08. The van der Waals surface area contributed by atoms with Crippen molar-refractivity contribution in [2.75, 3.05) is 0 Å². The van der Waals surface area contributed by atoms with Crippen molar-refractivity contribution in [3.8, 4) is 0 Å². The molecular weight excluding hydrogens is 184 g/mol. The summed E-state index contributed by atoms with van der Waals surface area (Å²) in [5.41, 5.74) is 2.14. The van der Waals surface area contributed by atoms with Gasteiger partial charge in [0.05, 0.1) is 5.02 Å². The highest BCUT2D eigenvalue weighted by molar-refractivity contribution is 6.35. The molecular formula is C10H11ClN2. The van der Waals surface area contributed by atoms with E-state index in [-0.39, 0.29) is 0 Å². The number of rotatable bonds is 2. The zero-order valence-corrected chi connectivity index (χ0v) is 8.23. The molecule has 2 nitrogen and oxygen atoms in total. The summed E-state index contributed by atoms with van der Waals surface area (Å²) in [7, 11) is 0. The van der Waals surface area contributed by atoms with Gasteiger partial charge in [0, 0.05) is 17.8 Å². The van der Waals surface area contributed by atoms with Crippen molar-refractivity contribution in [3.05, 3.63) is 29.0 Å². The third-order valence-electron chi connectivity index (χ3n) is 2.12. The van der Waals surface area contributed by atoms with Gasteiger partial charge in [-0.2, -0.15) is 0 Å². The first-order chi connectivity index (χ1) is 6.33. The summed E-state index contributed by atoms with van der Waals surface area (Å²) in [4.78, 5) is 7.32. The summed E-state index contributed by atoms with van der Waals surface area (Å²) in [6.07, 6.45) is 5.88. The number of aromatic nitrogens is 2. The van der Waals surface area contributed by atoms with Crippen LogP contribution >= 0.6 is 11.6 Å². The van der Waals surface area contributed by atoms with Crippen molar-refractivity contribution in [1.29, 1.82) is 0 Å². The predicted octanol–water partition coefficient (Wildman–Crippen LogP) is 3.17. The molecule has 0 saturated carbocycles. The van der Waals surface area contributed by atoms with E-state index in [4.69, 9.17) is 11.6 Å². The van der Waals surface area contributed by atoms with E-state index in [1.54, 1.807) is 6.20 Å². The van der Waals surface area contributed by atoms with Crippen LogP contribution in [0, 0.1) is 0 Å². The lowest BCUT2D eigenvalue weighted by molar-refractivity contribution is 0.929. The Hall–Kier alpha value is -1.02. The van der Waals surface area contributed by atoms with Crippen LogP contribution < -0.4 is 0 Å². The van der Waals surface area contributed by atoms with Gasteiger partial charge in [-0.05, 0) is 18.1 Å². The molecule has 0 amide bonds. The van der Waals surface area contributed by atoms with Gasteiger partial charge in [0.1, 0.15) is 5.65 Å². The lowest BCUT2D eigenvalue weighted by atomic mass is 10.1. The van der Waals surface area contributed by atoms with E-state index >= 15 is 0 Å². The minimum absolute atomic E-state index is 0.787. The second-order valence-electron chi connectivity index (χ2n) is 3.08. The number of nitrogens with one attached hydrogen (secondary N) is 1. The average Bonchev–Trinajstić information content (AvgIpc) is 2.51. The second-order valence-corrected chi connectivity index (χ2v) is 3.49. The van der Waals surface area contributed by atoms with Gasteiger partial charge in [0.2, 0.25) is 0 Å². The van der Waals surface area contributed by atoms with Gasteiger partial charge >= 0.3 is 0 Å². The van der Waals surface area contributed by atoms with E-state index in [9.17, 15) is 0 Å². The van der Waals surface area contributed by atoms with Crippen LogP contribution in [0.4, 0.5) is 0 Å². The summed E-state index contributed by atoms with van der Waals surface area (Å²) in [5, 5.41) is 1.86. The van der Waals surface area contributed by atoms with Crippen molar-refractivity contribution in [1.82, 2.24) is 9.97 Å². The van der Waals surface area contributed by atoms with Crippen LogP contribution in [-0.2, 0) is 6.42 Å². The molecule has 0 aliphatic carbocycles. The smallest absolute Gasteiger partial charge is 0.139 e. The topological polar surface area (TPSA) is 28.7 Å². The number of H-pyrrole nitrogens is 1. The number of aryl methyl sites for hydroxylation is 1. The third-order valence-corrected chi connectivity index (χ3v) is 2.44. The minimum Gasteiger partial charge on any atom is -0.346 e. The maximum Gasteiger partial charge on any atom is 0.139 e. The van der Waals surface area contributed by atoms with Gasteiger partial charge in [-0.3, -0.25) is 0 Å². The molecule has 0 atom stereocenters. The highest BCUT2D eigenvalue weighted by Gasteiger charge is 2.06. The first kappa shape index (κ1) is 8.57. The molecule has 1 N–H and O–H groups in total. The van der Waals surface area contributed by atoms with Crippen LogP contribution in [-0.4, -0.2) is 9.97 Å². The van der Waals surface area contributed by atoms with Crippen molar-refractivity contribution in [2.24, 2.45) is 0 Å². The Kier molecular flexibility index (Phi) is 2.23. The van der Waals surface area contributed by atoms with Crippen molar-refractivity contribution in [3.63, 3.8) is 0 Å². The number of hydrogen-bond donors (Lipinski definition) is 1. The Morgan fingerprint density at radius 1 is 1.54 bits per heavy atom. The highest BCUT2D eigenvalue weighted by Crippen LogP contribution is 2.25. The largest absolute Gasteiger partial charge is 0.346 e. The summed E-state index contributed by atoms with van der Waals surface area (Å²) in [5.74, 6) is 0. The molecule has 68 valence electrons. The molecule has 0 aromatic carbocycles. The summed E-state index contributed by atoms with van der Waals surface area (Å²) in [6, 6.07) is 1.83. The molecule has 2 rings (SSSR count). The molecule has 3 heteroatoms. The van der Waals surface area contributed by atoms with Crippen molar-refractivity contribution < 1.29 is 0 Å². The van der Waals surface area contributed by atoms with Crippen molar-refractivity contribution in [2.45, 2.75) is 19.8 Å². The maximum absolute atomic E-state index is 6.08. The van der Waals surface area contributed by atoms with Crippen LogP contribution in [0.5, 0.6) is 0 Å². The van der Waals surface area contributed by atoms with Crippen LogP contribution in [0.25, 0.3) is 11.0 Å². The minimum atomic E-state index is 0.787. The monoisotopic (exact) mass is 194 g/mol. The van der Waals surface area contributed by atoms with Gasteiger partial charge < -0.3 is 4.98 Å². The van der Waals surface area contributed by atoms with Gasteiger partial charge in [-0.15, -0.1) is 0 Å². The molecule has 0 radical (unpaired) electrons. The van der Waals surface area contributed by atoms with Crippen LogP contribution in [0.3, 0.4) is 0 Å². The zero-order valence-electron chi connectivity index (χ0n) is 7.47. The summed E-state index contributed by atoms with van der Waals surface area (Å²) < 4.78 is 0. The average molecular weight is 195 g/mol. The normalized spacial score (nSPS) is 10.9. The molecule has 0 saturated heterocycles. The van der Waals surface area contributed by atoms with E-state index in [2.05, 4.69) is 16.9 Å². The fourth-order valence-electron chi connectivity index (χ4n) is 1.55. The SMILES string of the molecule is CCCc1c[nH]c2nccc(Cl)c12. The van der Waals surface area contributed by atoms with Gasteiger partial charge in [-0.25, -0.2) is 4.98 Å². The molecule has 0 aliphatic heterocycles. The van der Waals surface area contributed by atoms with Crippen LogP contribution in [0.2, 0.25) is 5.02 Å². The fourth-order valence-corrected chi connectivity index (χ4v) is 1.81. The number of nitrogens with zero attached hydrogens (tertiary/aromatic N) is 1. The summed E-state index contributed by atoms with van der Waals surface area (Å²) in [6.45, 7) is 2.16. The van der Waals surface area contributed by atoms with Gasteiger partial charge in [0.25, 0.3) is 0 Å². The molecule has 2 heterocycles. The van der Waals surface area contributed by atoms with Crippen LogP contribution in [0.15, 0.2) is 18.5 Å². The predicted molar refractivity (Wildman–Crippen MR) is 55.1 cm³/mol. The van der Waals surface area contributed by atoms with Gasteiger partial charge in [0.15, 0.2) is 0 Å². The van der Waals surface area contributed by atoms with E-state index in [0.717, 1.165) is 28.9 Å². The molecule has 0 fully saturated rings. The lowest BCUT2D eigenvalue weighted by Gasteiger charge is -1.96. The molecule has 0 aliphatic rings. The van der Waals surface area contributed by atoms with E-state index < -0.39 is 0 Å². The van der Waals surface area contributed by atoms with Crippen LogP contribution in [0.1, 0.15) is 18.9 Å². The highest BCUT2D eigenvalue weighted by atomic mass is 35.5. The van der Waals surface area contributed by atoms with Crippen molar-refractivity contribution >= 4 is 22.6 Å². The van der Waals surface area contributed by atoms with E-state index in [0.29, 0.717) is 0 Å². The molecule has 2 aromatic rings. The lowest BCUT2D eigenvalue weighted by Crippen LogP contribution is -1.81. The number of fused-ring (bicyclic) bond motifs is 1. The molecule has 0 unspecified atom stereocenters. The maximum atomic E-state index is 6.08. The first-order valence-corrected chi connectivity index (χ1v) is 4.81. The zero-order chi connectivity index (χ0) is 9.26.